The van der Waals surface area contributed by atoms with Crippen molar-refractivity contribution in [3.05, 3.63) is 24.4 Å². The minimum absolute atomic E-state index is 1.63. The zero-order valence-electron chi connectivity index (χ0n) is 4.28. The molecule has 0 aromatic rings. The lowest BCUT2D eigenvalue weighted by molar-refractivity contribution is 1.54. The third-order valence-corrected chi connectivity index (χ3v) is 0.659. The van der Waals surface area contributed by atoms with Crippen LogP contribution in [0, 0.1) is 0 Å². The Morgan fingerprint density at radius 3 is 3.12 bits per heavy atom. The Balaban J connectivity index is 2.67. The van der Waals surface area contributed by atoms with Crippen molar-refractivity contribution in [1.29, 1.82) is 0 Å². The monoisotopic (exact) mass is 105 g/mol. The van der Waals surface area contributed by atoms with Gasteiger partial charge in [-0.1, -0.05) is 6.08 Å². The van der Waals surface area contributed by atoms with E-state index in [1.54, 1.807) is 12.4 Å². The van der Waals surface area contributed by atoms with Gasteiger partial charge in [-0.25, -0.2) is 9.98 Å². The normalized spacial score (nSPS) is 32.0. The molecule has 0 bridgehead atoms. The summed E-state index contributed by atoms with van der Waals surface area (Å²) in [6, 6.07) is 0. The highest BCUT2D eigenvalue weighted by Gasteiger charge is 1.67. The third-order valence-electron chi connectivity index (χ3n) is 0.659. The molecule has 1 aliphatic rings. The molecule has 1 aliphatic heterocycles. The lowest BCUT2D eigenvalue weighted by Crippen LogP contribution is -1.69. The molecule has 1 heterocycles. The van der Waals surface area contributed by atoms with Crippen LogP contribution in [-0.4, -0.2) is 12.6 Å². The van der Waals surface area contributed by atoms with Crippen LogP contribution in [0.15, 0.2) is 34.4 Å². The first-order valence-corrected chi connectivity index (χ1v) is 2.30. The van der Waals surface area contributed by atoms with Gasteiger partial charge in [0, 0.05) is 12.4 Å². The second kappa shape index (κ2) is 2.91. The fourth-order valence-corrected chi connectivity index (χ4v) is 0.350. The van der Waals surface area contributed by atoms with Crippen molar-refractivity contribution in [3.8, 4) is 0 Å². The average Bonchev–Trinajstić information content (AvgIpc) is 1.62. The first-order chi connectivity index (χ1) is 4.00. The topological polar surface area (TPSA) is 24.7 Å². The fourth-order valence-electron chi connectivity index (χ4n) is 0.350. The van der Waals surface area contributed by atoms with Gasteiger partial charge in [-0.2, -0.15) is 0 Å². The third kappa shape index (κ3) is 1.51. The van der Waals surface area contributed by atoms with Crippen LogP contribution >= 0.6 is 0 Å². The van der Waals surface area contributed by atoms with Crippen LogP contribution in [0.4, 0.5) is 0 Å². The van der Waals surface area contributed by atoms with Crippen molar-refractivity contribution >= 4 is 12.6 Å². The van der Waals surface area contributed by atoms with Crippen molar-refractivity contribution in [2.24, 2.45) is 9.98 Å². The number of aliphatic imine (C=N–C) groups is 2. The van der Waals surface area contributed by atoms with Gasteiger partial charge in [0.25, 0.3) is 0 Å². The molecule has 0 saturated carbocycles. The molecular formula is C6H5N2. The van der Waals surface area contributed by atoms with Crippen LogP contribution in [-0.2, 0) is 0 Å². The summed E-state index contributed by atoms with van der Waals surface area (Å²) in [6.45, 7) is 0. The predicted molar refractivity (Wildman–Crippen MR) is 34.2 cm³/mol. The summed E-state index contributed by atoms with van der Waals surface area (Å²) in [6.07, 6.45) is 11.2. The minimum atomic E-state index is 1.63. The van der Waals surface area contributed by atoms with Crippen LogP contribution in [0.3, 0.4) is 0 Å². The predicted octanol–water partition coefficient (Wildman–Crippen LogP) is 1.05. The second-order valence-electron chi connectivity index (χ2n) is 1.23. The molecule has 0 atom stereocenters. The van der Waals surface area contributed by atoms with Gasteiger partial charge in [-0.3, -0.25) is 0 Å². The van der Waals surface area contributed by atoms with Crippen molar-refractivity contribution in [2.45, 2.75) is 0 Å². The Hall–Kier alpha value is -1.18. The van der Waals surface area contributed by atoms with Gasteiger partial charge in [0.05, 0.1) is 0 Å². The molecule has 1 rings (SSSR count). The van der Waals surface area contributed by atoms with E-state index in [1.165, 1.54) is 0 Å². The Kier molecular flexibility index (Phi) is 1.80. The van der Waals surface area contributed by atoms with Crippen LogP contribution in [0.1, 0.15) is 0 Å². The summed E-state index contributed by atoms with van der Waals surface area (Å²) in [5, 5.41) is 0. The Morgan fingerprint density at radius 1 is 1.12 bits per heavy atom. The molecule has 0 aromatic heterocycles. The maximum atomic E-state index is 3.65. The molecule has 2 nitrogen and oxygen atoms in total. The van der Waals surface area contributed by atoms with Gasteiger partial charge >= 0.3 is 0 Å². The molecule has 0 amide bonds. The van der Waals surface area contributed by atoms with E-state index in [4.69, 9.17) is 0 Å². The molecule has 0 saturated heterocycles. The highest BCUT2D eigenvalue weighted by atomic mass is 14.8. The SMILES string of the molecule is [C]1=N\C=C/C=C\C=N/1. The molecule has 0 unspecified atom stereocenters. The zero-order chi connectivity index (χ0) is 5.66. The average molecular weight is 105 g/mol. The van der Waals surface area contributed by atoms with Crippen molar-refractivity contribution in [1.82, 2.24) is 0 Å². The maximum Gasteiger partial charge on any atom is 0.197 e. The van der Waals surface area contributed by atoms with Crippen LogP contribution in [0.2, 0.25) is 0 Å². The lowest BCUT2D eigenvalue weighted by Gasteiger charge is -1.76. The molecule has 2 heteroatoms. The van der Waals surface area contributed by atoms with E-state index in [1.807, 2.05) is 18.2 Å². The quantitative estimate of drug-likeness (QED) is 0.440. The van der Waals surface area contributed by atoms with E-state index in [0.717, 1.165) is 0 Å². The largest absolute Gasteiger partial charge is 0.234 e. The standard InChI is InChI=1S/C6H5N2/c1-2-4-7-6-8-5-3-1/h1-5H/b2-1-,3-1?,4-2?,5-3-,7-4-,7-6?,8-5?,8-6?. The first kappa shape index (κ1) is 4.97. The second-order valence-corrected chi connectivity index (χ2v) is 1.23. The minimum Gasteiger partial charge on any atom is -0.234 e. The Morgan fingerprint density at radius 2 is 2.12 bits per heavy atom. The summed E-state index contributed by atoms with van der Waals surface area (Å²) in [5.74, 6) is 0. The van der Waals surface area contributed by atoms with E-state index in [-0.39, 0.29) is 0 Å². The fraction of sp³-hybridized carbons (Fsp3) is 0. The molecule has 39 valence electrons. The number of hydrogen-bond acceptors (Lipinski definition) is 2. The Bertz CT molecular complexity index is 107. The zero-order valence-corrected chi connectivity index (χ0v) is 4.28. The van der Waals surface area contributed by atoms with Crippen LogP contribution in [0.5, 0.6) is 0 Å². The molecule has 0 aliphatic carbocycles. The first-order valence-electron chi connectivity index (χ1n) is 2.30. The van der Waals surface area contributed by atoms with Gasteiger partial charge < -0.3 is 0 Å². The molecular weight excluding hydrogens is 100 g/mol. The van der Waals surface area contributed by atoms with E-state index in [9.17, 15) is 0 Å². The van der Waals surface area contributed by atoms with Crippen LogP contribution in [0.25, 0.3) is 0 Å². The molecule has 1 radical (unpaired) electrons. The lowest BCUT2D eigenvalue weighted by atomic mass is 10.5. The maximum absolute atomic E-state index is 3.65. The summed E-state index contributed by atoms with van der Waals surface area (Å²) < 4.78 is 0. The van der Waals surface area contributed by atoms with E-state index in [2.05, 4.69) is 16.3 Å². The summed E-state index contributed by atoms with van der Waals surface area (Å²) in [5.41, 5.74) is 0. The van der Waals surface area contributed by atoms with E-state index < -0.39 is 0 Å². The highest BCUT2D eigenvalue weighted by Crippen LogP contribution is 1.79. The van der Waals surface area contributed by atoms with Gasteiger partial charge in [-0.15, -0.1) is 0 Å². The van der Waals surface area contributed by atoms with Gasteiger partial charge in [0.2, 0.25) is 0 Å². The number of rotatable bonds is 0. The van der Waals surface area contributed by atoms with Crippen LogP contribution < -0.4 is 0 Å². The number of hydrogen-bond donors (Lipinski definition) is 0. The van der Waals surface area contributed by atoms with Gasteiger partial charge in [0.15, 0.2) is 6.34 Å². The molecule has 0 aromatic carbocycles. The smallest absolute Gasteiger partial charge is 0.197 e. The summed E-state index contributed by atoms with van der Waals surface area (Å²) >= 11 is 0. The van der Waals surface area contributed by atoms with Crippen molar-refractivity contribution in [2.75, 3.05) is 0 Å². The molecule has 8 heavy (non-hydrogen) atoms. The van der Waals surface area contributed by atoms with Crippen molar-refractivity contribution < 1.29 is 0 Å². The highest BCUT2D eigenvalue weighted by molar-refractivity contribution is 5.80. The summed E-state index contributed by atoms with van der Waals surface area (Å²) in [4.78, 5) is 7.30. The molecule has 0 N–H and O–H groups in total. The summed E-state index contributed by atoms with van der Waals surface area (Å²) in [7, 11) is 0. The van der Waals surface area contributed by atoms with Crippen molar-refractivity contribution in [3.63, 3.8) is 0 Å². The number of nitrogens with zero attached hydrogens (tertiary/aromatic N) is 2. The molecule has 0 spiro atoms. The van der Waals surface area contributed by atoms with E-state index >= 15 is 0 Å². The Labute approximate surface area is 48.0 Å². The van der Waals surface area contributed by atoms with Gasteiger partial charge in [0.1, 0.15) is 0 Å². The number of allylic oxidation sites excluding steroid dienone is 3. The van der Waals surface area contributed by atoms with Gasteiger partial charge in [-0.05, 0) is 12.2 Å². The van der Waals surface area contributed by atoms with E-state index in [0.29, 0.717) is 0 Å². The molecule has 0 fully saturated rings.